The molecule has 3 aromatic rings. The van der Waals surface area contributed by atoms with E-state index in [1.165, 1.54) is 70.0 Å². The predicted molar refractivity (Wildman–Crippen MR) is 138 cm³/mol. The average Bonchev–Trinajstić information content (AvgIpc) is 3.26. The number of fused-ring (bicyclic) bond motifs is 3. The minimum Gasteiger partial charge on any atom is -0.357 e. The Hall–Kier alpha value is -1.69. The summed E-state index contributed by atoms with van der Waals surface area (Å²) in [4.78, 5) is 11.6. The van der Waals surface area contributed by atoms with Crippen LogP contribution in [0, 0.1) is 12.8 Å². The zero-order valence-electron chi connectivity index (χ0n) is 20.7. The Kier molecular flexibility index (Phi) is 6.17. The van der Waals surface area contributed by atoms with Crippen LogP contribution < -0.4 is 0 Å². The number of aromatic amines is 1. The Morgan fingerprint density at radius 3 is 2.70 bits per heavy atom. The fourth-order valence-corrected chi connectivity index (χ4v) is 7.42. The van der Waals surface area contributed by atoms with Gasteiger partial charge in [-0.1, -0.05) is 25.1 Å². The zero-order chi connectivity index (χ0) is 23.3. The van der Waals surface area contributed by atoms with Gasteiger partial charge in [0, 0.05) is 52.0 Å². The van der Waals surface area contributed by atoms with Crippen LogP contribution in [0.2, 0.25) is 0 Å². The molecule has 0 unspecified atom stereocenters. The van der Waals surface area contributed by atoms with Crippen molar-refractivity contribution in [3.63, 3.8) is 0 Å². The highest BCUT2D eigenvalue weighted by molar-refractivity contribution is 7.12. The zero-order valence-corrected chi connectivity index (χ0v) is 21.6. The summed E-state index contributed by atoms with van der Waals surface area (Å²) >= 11 is 1.96. The van der Waals surface area contributed by atoms with Gasteiger partial charge in [0.05, 0.1) is 6.04 Å². The summed E-state index contributed by atoms with van der Waals surface area (Å²) in [6.07, 6.45) is 3.36. The minimum atomic E-state index is -1.24. The number of likely N-dealkylation sites (tertiary alicyclic amines) is 1. The predicted octanol–water partition coefficient (Wildman–Crippen LogP) is 6.51. The maximum atomic E-state index is 15.0. The van der Waals surface area contributed by atoms with E-state index >= 15 is 0 Å². The number of alkyl halides is 1. The topological polar surface area (TPSA) is 22.3 Å². The van der Waals surface area contributed by atoms with Crippen molar-refractivity contribution in [1.82, 2.24) is 14.8 Å². The lowest BCUT2D eigenvalue weighted by Gasteiger charge is -2.42. The van der Waals surface area contributed by atoms with Crippen molar-refractivity contribution in [3.8, 4) is 0 Å². The summed E-state index contributed by atoms with van der Waals surface area (Å²) < 4.78 is 15.0. The van der Waals surface area contributed by atoms with Crippen LogP contribution in [0.25, 0.3) is 10.9 Å². The molecule has 0 radical (unpaired) electrons. The summed E-state index contributed by atoms with van der Waals surface area (Å²) in [5, 5.41) is 1.32. The smallest absolute Gasteiger partial charge is 0.118 e. The van der Waals surface area contributed by atoms with Gasteiger partial charge in [-0.2, -0.15) is 0 Å². The molecule has 1 saturated heterocycles. The lowest BCUT2D eigenvalue weighted by atomic mass is 9.89. The van der Waals surface area contributed by atoms with Crippen LogP contribution in [0.4, 0.5) is 4.39 Å². The number of hydrogen-bond acceptors (Lipinski definition) is 3. The van der Waals surface area contributed by atoms with Gasteiger partial charge in [-0.3, -0.25) is 4.90 Å². The highest BCUT2D eigenvalue weighted by Crippen LogP contribution is 2.45. The van der Waals surface area contributed by atoms with Crippen molar-refractivity contribution in [2.24, 2.45) is 5.92 Å². The van der Waals surface area contributed by atoms with E-state index in [1.54, 1.807) is 13.8 Å². The van der Waals surface area contributed by atoms with Crippen molar-refractivity contribution < 1.29 is 4.39 Å². The number of aromatic nitrogens is 1. The SMILES string of the molecule is CCCN1CC(Cc2cc(C)c([C@@H]3c4[nH]c5ccccc5c4C[C@@H](C)N3CC(C)(C)F)s2)C1. The van der Waals surface area contributed by atoms with Crippen molar-refractivity contribution in [2.45, 2.75) is 71.6 Å². The molecule has 2 atom stereocenters. The number of halogens is 1. The Morgan fingerprint density at radius 1 is 1.21 bits per heavy atom. The molecule has 1 N–H and O–H groups in total. The number of rotatable bonds is 7. The third-order valence-electron chi connectivity index (χ3n) is 7.39. The van der Waals surface area contributed by atoms with Gasteiger partial charge < -0.3 is 9.88 Å². The normalized spacial score (nSPS) is 22.6. The molecule has 5 heteroatoms. The molecular formula is C28H38FN3S. The number of para-hydroxylation sites is 1. The van der Waals surface area contributed by atoms with Crippen LogP contribution in [0.1, 0.15) is 66.7 Å². The highest BCUT2D eigenvalue weighted by atomic mass is 32.1. The lowest BCUT2D eigenvalue weighted by molar-refractivity contribution is 0.0677. The fraction of sp³-hybridized carbons (Fsp3) is 0.571. The van der Waals surface area contributed by atoms with Gasteiger partial charge in [0.15, 0.2) is 0 Å². The molecule has 178 valence electrons. The quantitative estimate of drug-likeness (QED) is 0.428. The van der Waals surface area contributed by atoms with E-state index < -0.39 is 5.67 Å². The monoisotopic (exact) mass is 467 g/mol. The summed E-state index contributed by atoms with van der Waals surface area (Å²) in [7, 11) is 0. The summed E-state index contributed by atoms with van der Waals surface area (Å²) in [5.41, 5.74) is 4.00. The molecule has 0 aliphatic carbocycles. The minimum absolute atomic E-state index is 0.0860. The molecule has 2 aliphatic heterocycles. The molecule has 2 aromatic heterocycles. The van der Waals surface area contributed by atoms with E-state index in [2.05, 4.69) is 65.9 Å². The first-order valence-corrected chi connectivity index (χ1v) is 13.4. The number of nitrogens with zero attached hydrogens (tertiary/aromatic N) is 2. The first kappa shape index (κ1) is 23.1. The van der Waals surface area contributed by atoms with Crippen LogP contribution in [-0.4, -0.2) is 52.7 Å². The molecule has 3 nitrogen and oxygen atoms in total. The molecule has 5 rings (SSSR count). The number of thiophene rings is 1. The average molecular weight is 468 g/mol. The van der Waals surface area contributed by atoms with Crippen molar-refractivity contribution >= 4 is 22.2 Å². The van der Waals surface area contributed by atoms with Crippen LogP contribution >= 0.6 is 11.3 Å². The van der Waals surface area contributed by atoms with Gasteiger partial charge in [-0.15, -0.1) is 11.3 Å². The summed E-state index contributed by atoms with van der Waals surface area (Å²) in [6.45, 7) is 14.3. The summed E-state index contributed by atoms with van der Waals surface area (Å²) in [6, 6.07) is 11.4. The molecule has 0 saturated carbocycles. The van der Waals surface area contributed by atoms with Gasteiger partial charge >= 0.3 is 0 Å². The van der Waals surface area contributed by atoms with E-state index in [9.17, 15) is 4.39 Å². The summed E-state index contributed by atoms with van der Waals surface area (Å²) in [5.74, 6) is 0.775. The van der Waals surface area contributed by atoms with Crippen LogP contribution in [0.3, 0.4) is 0 Å². The van der Waals surface area contributed by atoms with Crippen molar-refractivity contribution in [1.29, 1.82) is 0 Å². The van der Waals surface area contributed by atoms with Gasteiger partial charge in [-0.05, 0) is 82.7 Å². The maximum absolute atomic E-state index is 15.0. The first-order chi connectivity index (χ1) is 15.7. The number of hydrogen-bond donors (Lipinski definition) is 1. The molecule has 2 aliphatic rings. The van der Waals surface area contributed by atoms with Crippen LogP contribution in [-0.2, 0) is 12.8 Å². The highest BCUT2D eigenvalue weighted by Gasteiger charge is 2.40. The van der Waals surface area contributed by atoms with Gasteiger partial charge in [-0.25, -0.2) is 4.39 Å². The molecule has 1 fully saturated rings. The van der Waals surface area contributed by atoms with Crippen molar-refractivity contribution in [3.05, 3.63) is 56.9 Å². The third-order valence-corrected chi connectivity index (χ3v) is 8.71. The maximum Gasteiger partial charge on any atom is 0.118 e. The van der Waals surface area contributed by atoms with Crippen LogP contribution in [0.15, 0.2) is 30.3 Å². The van der Waals surface area contributed by atoms with E-state index in [0.29, 0.717) is 6.54 Å². The first-order valence-electron chi connectivity index (χ1n) is 12.6. The number of aryl methyl sites for hydroxylation is 1. The van der Waals surface area contributed by atoms with Crippen molar-refractivity contribution in [2.75, 3.05) is 26.2 Å². The van der Waals surface area contributed by atoms with E-state index in [1.807, 2.05) is 11.3 Å². The largest absolute Gasteiger partial charge is 0.357 e. The number of benzene rings is 1. The fourth-order valence-electron chi connectivity index (χ4n) is 6.00. The Balaban J connectivity index is 1.51. The number of nitrogens with one attached hydrogen (secondary N) is 1. The van der Waals surface area contributed by atoms with E-state index in [-0.39, 0.29) is 12.1 Å². The lowest BCUT2D eigenvalue weighted by Crippen LogP contribution is -2.47. The Morgan fingerprint density at radius 2 is 1.97 bits per heavy atom. The second-order valence-electron chi connectivity index (χ2n) is 11.0. The molecule has 0 bridgehead atoms. The number of H-pyrrole nitrogens is 1. The molecule has 1 aromatic carbocycles. The molecular weight excluding hydrogens is 429 g/mol. The second kappa shape index (κ2) is 8.83. The molecule has 4 heterocycles. The van der Waals surface area contributed by atoms with Gasteiger partial charge in [0.25, 0.3) is 0 Å². The van der Waals surface area contributed by atoms with Crippen LogP contribution in [0.5, 0.6) is 0 Å². The Labute approximate surface area is 202 Å². The molecule has 0 amide bonds. The standard InChI is InChI=1S/C28H38FN3S/c1-6-11-31-15-20(16-31)14-21-12-18(2)27(33-21)26-25-23(22-9-7-8-10-24(22)30-25)13-19(3)32(26)17-28(4,5)29/h7-10,12,19-20,26,30H,6,11,13-17H2,1-5H3/t19-,26+/m1/s1. The van der Waals surface area contributed by atoms with Gasteiger partial charge in [0.2, 0.25) is 0 Å². The third kappa shape index (κ3) is 4.52. The molecule has 33 heavy (non-hydrogen) atoms. The molecule has 0 spiro atoms. The Bertz CT molecular complexity index is 1120. The second-order valence-corrected chi connectivity index (χ2v) is 12.2. The van der Waals surface area contributed by atoms with E-state index in [4.69, 9.17) is 0 Å². The van der Waals surface area contributed by atoms with E-state index in [0.717, 1.165) is 12.3 Å². The van der Waals surface area contributed by atoms with Gasteiger partial charge in [0.1, 0.15) is 5.67 Å².